The van der Waals surface area contributed by atoms with E-state index in [0.717, 1.165) is 4.90 Å². The average molecular weight is 222 g/mol. The molecule has 0 aliphatic carbocycles. The van der Waals surface area contributed by atoms with Crippen molar-refractivity contribution in [2.75, 3.05) is 0 Å². The van der Waals surface area contributed by atoms with E-state index in [1.165, 1.54) is 6.26 Å². The minimum atomic E-state index is -0.704. The minimum absolute atomic E-state index is 0.309. The number of furan rings is 1. The summed E-state index contributed by atoms with van der Waals surface area (Å²) in [4.78, 5) is 35.0. The molecule has 2 heterocycles. The van der Waals surface area contributed by atoms with Gasteiger partial charge < -0.3 is 4.42 Å². The molecule has 0 aromatic carbocycles. The van der Waals surface area contributed by atoms with Crippen molar-refractivity contribution in [1.29, 1.82) is 0 Å². The van der Waals surface area contributed by atoms with E-state index < -0.39 is 23.9 Å². The molecule has 1 aromatic heterocycles. The number of nitrogens with zero attached hydrogens (tertiary/aromatic N) is 1. The number of hydrogen-bond acceptors (Lipinski definition) is 4. The van der Waals surface area contributed by atoms with Gasteiger partial charge in [-0.05, 0) is 19.1 Å². The molecule has 1 saturated heterocycles. The second-order valence-electron chi connectivity index (χ2n) is 3.49. The molecule has 0 bridgehead atoms. The maximum absolute atomic E-state index is 11.6. The molecule has 4 amide bonds. The Morgan fingerprint density at radius 2 is 2.19 bits per heavy atom. The van der Waals surface area contributed by atoms with E-state index in [4.69, 9.17) is 4.42 Å². The highest BCUT2D eigenvalue weighted by Gasteiger charge is 2.35. The van der Waals surface area contributed by atoms with Gasteiger partial charge in [0.2, 0.25) is 11.8 Å². The van der Waals surface area contributed by atoms with Crippen LogP contribution in [-0.2, 0) is 9.59 Å². The summed E-state index contributed by atoms with van der Waals surface area (Å²) in [7, 11) is 0. The molecule has 6 nitrogen and oxygen atoms in total. The molecule has 1 N–H and O–H groups in total. The van der Waals surface area contributed by atoms with Crippen LogP contribution in [0.3, 0.4) is 0 Å². The Balaban J connectivity index is 2.23. The first-order valence-corrected chi connectivity index (χ1v) is 4.79. The summed E-state index contributed by atoms with van der Waals surface area (Å²) in [5, 5.41) is 2.09. The van der Waals surface area contributed by atoms with Crippen molar-refractivity contribution >= 4 is 17.8 Å². The Morgan fingerprint density at radius 1 is 1.44 bits per heavy atom. The number of urea groups is 1. The number of nitrogens with one attached hydrogen (secondary N) is 1. The lowest BCUT2D eigenvalue weighted by Gasteiger charge is -2.28. The fourth-order valence-electron chi connectivity index (χ4n) is 1.61. The third kappa shape index (κ3) is 1.69. The number of carbonyl (C=O) groups excluding carboxylic acids is 3. The first kappa shape index (κ1) is 10.4. The summed E-state index contributed by atoms with van der Waals surface area (Å²) < 4.78 is 5.11. The van der Waals surface area contributed by atoms with Crippen molar-refractivity contribution in [1.82, 2.24) is 10.2 Å². The fourth-order valence-corrected chi connectivity index (χ4v) is 1.61. The number of hydrogen-bond donors (Lipinski definition) is 1. The second kappa shape index (κ2) is 3.80. The summed E-state index contributed by atoms with van der Waals surface area (Å²) in [6, 6.07) is 2.12. The van der Waals surface area contributed by atoms with E-state index in [-0.39, 0.29) is 6.42 Å². The van der Waals surface area contributed by atoms with Crippen LogP contribution in [-0.4, -0.2) is 22.7 Å². The number of carbonyl (C=O) groups is 3. The van der Waals surface area contributed by atoms with Crippen molar-refractivity contribution in [2.45, 2.75) is 19.4 Å². The molecule has 16 heavy (non-hydrogen) atoms. The first-order chi connectivity index (χ1) is 7.59. The van der Waals surface area contributed by atoms with Crippen LogP contribution in [0.15, 0.2) is 22.8 Å². The topological polar surface area (TPSA) is 79.6 Å². The quantitative estimate of drug-likeness (QED) is 0.751. The summed E-state index contributed by atoms with van der Waals surface area (Å²) in [5.74, 6) is -0.589. The fraction of sp³-hybridized carbons (Fsp3) is 0.300. The number of amides is 4. The van der Waals surface area contributed by atoms with Gasteiger partial charge in [-0.25, -0.2) is 4.79 Å². The van der Waals surface area contributed by atoms with Gasteiger partial charge in [0.05, 0.1) is 12.3 Å². The SMILES string of the molecule is CC(c1ccco1)N1C(=O)CC(=O)NC1=O. The van der Waals surface area contributed by atoms with Crippen molar-refractivity contribution in [3.8, 4) is 0 Å². The molecule has 1 aliphatic heterocycles. The number of rotatable bonds is 2. The highest BCUT2D eigenvalue weighted by molar-refractivity contribution is 6.14. The van der Waals surface area contributed by atoms with Crippen LogP contribution in [0, 0.1) is 0 Å². The molecule has 0 saturated carbocycles. The molecule has 1 atom stereocenters. The Labute approximate surface area is 91.2 Å². The Morgan fingerprint density at radius 3 is 2.75 bits per heavy atom. The minimum Gasteiger partial charge on any atom is -0.467 e. The van der Waals surface area contributed by atoms with Crippen LogP contribution in [0.5, 0.6) is 0 Å². The van der Waals surface area contributed by atoms with Crippen molar-refractivity contribution < 1.29 is 18.8 Å². The zero-order valence-corrected chi connectivity index (χ0v) is 8.60. The number of imide groups is 2. The van der Waals surface area contributed by atoms with Gasteiger partial charge in [-0.2, -0.15) is 0 Å². The molecule has 6 heteroatoms. The summed E-state index contributed by atoms with van der Waals surface area (Å²) >= 11 is 0. The summed E-state index contributed by atoms with van der Waals surface area (Å²) in [6.07, 6.45) is 1.15. The molecule has 1 aliphatic rings. The van der Waals surface area contributed by atoms with Gasteiger partial charge in [0.25, 0.3) is 0 Å². The predicted molar refractivity (Wildman–Crippen MR) is 52.1 cm³/mol. The standard InChI is InChI=1S/C10H10N2O4/c1-6(7-3-2-4-16-7)12-9(14)5-8(13)11-10(12)15/h2-4,6H,5H2,1H3,(H,11,13,15). The van der Waals surface area contributed by atoms with Crippen LogP contribution in [0.1, 0.15) is 25.1 Å². The molecule has 1 unspecified atom stereocenters. The lowest BCUT2D eigenvalue weighted by Crippen LogP contribution is -2.53. The van der Waals surface area contributed by atoms with Gasteiger partial charge in [-0.3, -0.25) is 19.8 Å². The predicted octanol–water partition coefficient (Wildman–Crippen LogP) is 0.809. The van der Waals surface area contributed by atoms with Crippen molar-refractivity contribution in [2.24, 2.45) is 0 Å². The Bertz CT molecular complexity index is 418. The molecule has 1 fully saturated rings. The van der Waals surface area contributed by atoms with E-state index in [9.17, 15) is 14.4 Å². The third-order valence-electron chi connectivity index (χ3n) is 2.39. The maximum atomic E-state index is 11.6. The largest absolute Gasteiger partial charge is 0.467 e. The average Bonchev–Trinajstić information content (AvgIpc) is 2.67. The van der Waals surface area contributed by atoms with Gasteiger partial charge in [-0.15, -0.1) is 0 Å². The molecular weight excluding hydrogens is 212 g/mol. The molecule has 0 spiro atoms. The zero-order valence-electron chi connectivity index (χ0n) is 8.60. The highest BCUT2D eigenvalue weighted by Crippen LogP contribution is 2.22. The van der Waals surface area contributed by atoms with Crippen molar-refractivity contribution in [3.63, 3.8) is 0 Å². The smallest absolute Gasteiger partial charge is 0.331 e. The first-order valence-electron chi connectivity index (χ1n) is 4.79. The molecule has 0 radical (unpaired) electrons. The van der Waals surface area contributed by atoms with Gasteiger partial charge in [0.15, 0.2) is 0 Å². The van der Waals surface area contributed by atoms with Crippen LogP contribution in [0.25, 0.3) is 0 Å². The van der Waals surface area contributed by atoms with Crippen LogP contribution >= 0.6 is 0 Å². The van der Waals surface area contributed by atoms with Gasteiger partial charge in [0.1, 0.15) is 12.2 Å². The van der Waals surface area contributed by atoms with Crippen LogP contribution in [0.2, 0.25) is 0 Å². The van der Waals surface area contributed by atoms with Crippen molar-refractivity contribution in [3.05, 3.63) is 24.2 Å². The molecule has 1 aromatic rings. The third-order valence-corrected chi connectivity index (χ3v) is 2.39. The lowest BCUT2D eigenvalue weighted by atomic mass is 10.2. The molecular formula is C10H10N2O4. The van der Waals surface area contributed by atoms with E-state index >= 15 is 0 Å². The highest BCUT2D eigenvalue weighted by atomic mass is 16.3. The molecule has 2 rings (SSSR count). The Kier molecular flexibility index (Phi) is 2.47. The van der Waals surface area contributed by atoms with E-state index in [1.807, 2.05) is 0 Å². The van der Waals surface area contributed by atoms with Crippen LogP contribution < -0.4 is 5.32 Å². The van der Waals surface area contributed by atoms with E-state index in [0.29, 0.717) is 5.76 Å². The van der Waals surface area contributed by atoms with E-state index in [2.05, 4.69) is 5.32 Å². The van der Waals surface area contributed by atoms with Gasteiger partial charge in [-0.1, -0.05) is 0 Å². The normalized spacial score (nSPS) is 18.6. The zero-order chi connectivity index (χ0) is 11.7. The number of barbiturate groups is 1. The van der Waals surface area contributed by atoms with Crippen LogP contribution in [0.4, 0.5) is 4.79 Å². The maximum Gasteiger partial charge on any atom is 0.331 e. The lowest BCUT2D eigenvalue weighted by molar-refractivity contribution is -0.137. The Hall–Kier alpha value is -2.11. The van der Waals surface area contributed by atoms with Gasteiger partial charge >= 0.3 is 6.03 Å². The van der Waals surface area contributed by atoms with Gasteiger partial charge in [0, 0.05) is 0 Å². The summed E-state index contributed by atoms with van der Waals surface area (Å²) in [5.41, 5.74) is 0. The summed E-state index contributed by atoms with van der Waals surface area (Å²) in [6.45, 7) is 1.66. The second-order valence-corrected chi connectivity index (χ2v) is 3.49. The molecule has 84 valence electrons. The monoisotopic (exact) mass is 222 g/mol. The van der Waals surface area contributed by atoms with E-state index in [1.54, 1.807) is 19.1 Å².